The summed E-state index contributed by atoms with van der Waals surface area (Å²) < 4.78 is 15.4. The van der Waals surface area contributed by atoms with Crippen LogP contribution in [0.15, 0.2) is 12.1 Å². The zero-order chi connectivity index (χ0) is 11.4. The summed E-state index contributed by atoms with van der Waals surface area (Å²) >= 11 is 0. The van der Waals surface area contributed by atoms with Crippen LogP contribution in [0.4, 0.5) is 0 Å². The summed E-state index contributed by atoms with van der Waals surface area (Å²) in [5, 5.41) is 5.55. The molecule has 0 saturated carbocycles. The summed E-state index contributed by atoms with van der Waals surface area (Å²) in [6, 6.07) is 3.38. The SMILES string of the molecule is COc1cc(OC)c(C(N)=[NH2+])c(OC)c1. The maximum atomic E-state index is 5.55. The number of hydrogen-bond acceptors (Lipinski definition) is 3. The Morgan fingerprint density at radius 1 is 1.07 bits per heavy atom. The Morgan fingerprint density at radius 3 is 1.80 bits per heavy atom. The first-order chi connectivity index (χ1) is 7.13. The molecule has 0 unspecified atom stereocenters. The minimum absolute atomic E-state index is 0.145. The normalized spacial score (nSPS) is 9.53. The highest BCUT2D eigenvalue weighted by molar-refractivity contribution is 5.98. The smallest absolute Gasteiger partial charge is 0.278 e. The molecule has 0 aliphatic heterocycles. The van der Waals surface area contributed by atoms with Crippen LogP contribution in [0.25, 0.3) is 0 Å². The van der Waals surface area contributed by atoms with Crippen LogP contribution in [0.3, 0.4) is 0 Å². The number of amidine groups is 1. The van der Waals surface area contributed by atoms with Crippen LogP contribution >= 0.6 is 0 Å². The first-order valence-corrected chi connectivity index (χ1v) is 4.32. The maximum Gasteiger partial charge on any atom is 0.278 e. The quantitative estimate of drug-likeness (QED) is 0.503. The average molecular weight is 211 g/mol. The summed E-state index contributed by atoms with van der Waals surface area (Å²) in [5.74, 6) is 1.80. The summed E-state index contributed by atoms with van der Waals surface area (Å²) in [7, 11) is 4.62. The van der Waals surface area contributed by atoms with Crippen LogP contribution < -0.4 is 25.4 Å². The fraction of sp³-hybridized carbons (Fsp3) is 0.300. The summed E-state index contributed by atoms with van der Waals surface area (Å²) in [6.45, 7) is 0. The second-order valence-corrected chi connectivity index (χ2v) is 2.86. The highest BCUT2D eigenvalue weighted by Crippen LogP contribution is 2.32. The van der Waals surface area contributed by atoms with E-state index in [-0.39, 0.29) is 5.84 Å². The molecule has 82 valence electrons. The molecule has 4 N–H and O–H groups in total. The van der Waals surface area contributed by atoms with Crippen molar-refractivity contribution in [3.05, 3.63) is 17.7 Å². The van der Waals surface area contributed by atoms with Crippen LogP contribution in [0.5, 0.6) is 17.2 Å². The van der Waals surface area contributed by atoms with E-state index in [0.717, 1.165) is 0 Å². The predicted molar refractivity (Wildman–Crippen MR) is 56.3 cm³/mol. The van der Waals surface area contributed by atoms with Crippen molar-refractivity contribution in [3.63, 3.8) is 0 Å². The number of hydrogen-bond donors (Lipinski definition) is 2. The van der Waals surface area contributed by atoms with E-state index < -0.39 is 0 Å². The largest absolute Gasteiger partial charge is 0.496 e. The first kappa shape index (κ1) is 11.2. The second kappa shape index (κ2) is 4.54. The van der Waals surface area contributed by atoms with Gasteiger partial charge in [0, 0.05) is 12.1 Å². The van der Waals surface area contributed by atoms with Gasteiger partial charge in [-0.25, -0.2) is 0 Å². The van der Waals surface area contributed by atoms with E-state index in [1.165, 1.54) is 14.2 Å². The van der Waals surface area contributed by atoms with E-state index in [4.69, 9.17) is 25.4 Å². The molecular formula is C10H15N2O3+. The fourth-order valence-corrected chi connectivity index (χ4v) is 1.29. The van der Waals surface area contributed by atoms with E-state index in [1.54, 1.807) is 19.2 Å². The second-order valence-electron chi connectivity index (χ2n) is 2.86. The molecule has 0 aliphatic rings. The summed E-state index contributed by atoms with van der Waals surface area (Å²) in [4.78, 5) is 0. The fourth-order valence-electron chi connectivity index (χ4n) is 1.29. The number of ether oxygens (including phenoxy) is 3. The molecule has 0 atom stereocenters. The van der Waals surface area contributed by atoms with Gasteiger partial charge in [0.1, 0.15) is 22.8 Å². The zero-order valence-corrected chi connectivity index (χ0v) is 9.03. The van der Waals surface area contributed by atoms with Crippen molar-refractivity contribution in [1.82, 2.24) is 0 Å². The van der Waals surface area contributed by atoms with Crippen LogP contribution in [-0.4, -0.2) is 27.2 Å². The van der Waals surface area contributed by atoms with Crippen LogP contribution in [0.1, 0.15) is 5.56 Å². The van der Waals surface area contributed by atoms with Gasteiger partial charge in [-0.2, -0.15) is 0 Å². The molecule has 0 aliphatic carbocycles. The Bertz CT molecular complexity index is 352. The molecule has 1 aromatic rings. The van der Waals surface area contributed by atoms with Gasteiger partial charge >= 0.3 is 0 Å². The third kappa shape index (κ3) is 2.12. The summed E-state index contributed by atoms with van der Waals surface area (Å²) in [6.07, 6.45) is 0. The molecule has 0 amide bonds. The maximum absolute atomic E-state index is 5.55. The van der Waals surface area contributed by atoms with Gasteiger partial charge in [-0.15, -0.1) is 0 Å². The molecule has 5 nitrogen and oxygen atoms in total. The molecule has 1 aromatic carbocycles. The van der Waals surface area contributed by atoms with Gasteiger partial charge in [-0.05, 0) is 0 Å². The van der Waals surface area contributed by atoms with Gasteiger partial charge in [0.15, 0.2) is 0 Å². The van der Waals surface area contributed by atoms with Crippen LogP contribution in [0, 0.1) is 0 Å². The molecule has 15 heavy (non-hydrogen) atoms. The molecule has 0 fully saturated rings. The Balaban J connectivity index is 3.39. The lowest BCUT2D eigenvalue weighted by Gasteiger charge is -2.11. The highest BCUT2D eigenvalue weighted by atomic mass is 16.5. The van der Waals surface area contributed by atoms with Gasteiger partial charge < -0.3 is 14.2 Å². The van der Waals surface area contributed by atoms with Gasteiger partial charge in [0.05, 0.1) is 21.3 Å². The lowest BCUT2D eigenvalue weighted by atomic mass is 10.1. The minimum Gasteiger partial charge on any atom is -0.496 e. The average Bonchev–Trinajstić information content (AvgIpc) is 2.26. The third-order valence-electron chi connectivity index (χ3n) is 2.00. The number of benzene rings is 1. The Labute approximate surface area is 88.3 Å². The number of rotatable bonds is 4. The Morgan fingerprint density at radius 2 is 1.53 bits per heavy atom. The van der Waals surface area contributed by atoms with Crippen molar-refractivity contribution >= 4 is 5.84 Å². The predicted octanol–water partition coefficient (Wildman–Crippen LogP) is -0.823. The standard InChI is InChI=1S/C10H14N2O3/c1-13-6-4-7(14-2)9(10(11)12)8(5-6)15-3/h4-5H,1-3H3,(H3,11,12)/p+1. The van der Waals surface area contributed by atoms with E-state index in [1.807, 2.05) is 0 Å². The topological polar surface area (TPSA) is 79.3 Å². The minimum atomic E-state index is 0.145. The Hall–Kier alpha value is -1.91. The van der Waals surface area contributed by atoms with Crippen molar-refractivity contribution in [2.45, 2.75) is 0 Å². The highest BCUT2D eigenvalue weighted by Gasteiger charge is 2.18. The van der Waals surface area contributed by atoms with Gasteiger partial charge in [-0.1, -0.05) is 0 Å². The Kier molecular flexibility index (Phi) is 3.38. The van der Waals surface area contributed by atoms with Crippen molar-refractivity contribution < 1.29 is 19.6 Å². The molecule has 1 rings (SSSR count). The van der Waals surface area contributed by atoms with E-state index in [2.05, 4.69) is 0 Å². The van der Waals surface area contributed by atoms with Gasteiger partial charge in [0.25, 0.3) is 5.84 Å². The first-order valence-electron chi connectivity index (χ1n) is 4.32. The molecular weight excluding hydrogens is 196 g/mol. The van der Waals surface area contributed by atoms with Gasteiger partial charge in [-0.3, -0.25) is 11.1 Å². The summed E-state index contributed by atoms with van der Waals surface area (Å²) in [5.41, 5.74) is 6.09. The van der Waals surface area contributed by atoms with E-state index in [9.17, 15) is 0 Å². The third-order valence-corrected chi connectivity index (χ3v) is 2.00. The number of methoxy groups -OCH3 is 3. The monoisotopic (exact) mass is 211 g/mol. The van der Waals surface area contributed by atoms with Crippen molar-refractivity contribution in [1.29, 1.82) is 0 Å². The molecule has 0 spiro atoms. The zero-order valence-electron chi connectivity index (χ0n) is 9.03. The lowest BCUT2D eigenvalue weighted by Crippen LogP contribution is -2.46. The van der Waals surface area contributed by atoms with Crippen molar-refractivity contribution in [2.24, 2.45) is 5.73 Å². The molecule has 0 aromatic heterocycles. The molecule has 0 bridgehead atoms. The van der Waals surface area contributed by atoms with E-state index >= 15 is 0 Å². The number of nitrogens with two attached hydrogens (primary N) is 2. The van der Waals surface area contributed by atoms with Crippen LogP contribution in [-0.2, 0) is 0 Å². The molecule has 0 saturated heterocycles. The van der Waals surface area contributed by atoms with Gasteiger partial charge in [0.2, 0.25) is 0 Å². The van der Waals surface area contributed by atoms with Crippen molar-refractivity contribution in [2.75, 3.05) is 21.3 Å². The molecule has 0 heterocycles. The lowest BCUT2D eigenvalue weighted by molar-refractivity contribution is -0.114. The van der Waals surface area contributed by atoms with Crippen LogP contribution in [0.2, 0.25) is 0 Å². The van der Waals surface area contributed by atoms with Crippen molar-refractivity contribution in [3.8, 4) is 17.2 Å². The van der Waals surface area contributed by atoms with E-state index in [0.29, 0.717) is 22.8 Å². The molecule has 5 heteroatoms. The molecule has 0 radical (unpaired) electrons.